The quantitative estimate of drug-likeness (QED) is 0.467. The van der Waals surface area contributed by atoms with Crippen LogP contribution in [-0.2, 0) is 0 Å². The summed E-state index contributed by atoms with van der Waals surface area (Å²) in [5.41, 5.74) is 0. The molecule has 114 valence electrons. The molecule has 0 heteroatoms. The first-order chi connectivity index (χ1) is 9.01. The van der Waals surface area contributed by atoms with Gasteiger partial charge in [0.05, 0.1) is 0 Å². The van der Waals surface area contributed by atoms with Gasteiger partial charge in [-0.3, -0.25) is 0 Å². The number of rotatable bonds is 8. The molecule has 0 saturated heterocycles. The summed E-state index contributed by atoms with van der Waals surface area (Å²) in [6.45, 7) is 14.6. The fourth-order valence-corrected chi connectivity index (χ4v) is 4.29. The van der Waals surface area contributed by atoms with Crippen molar-refractivity contribution in [2.24, 2.45) is 35.5 Å². The molecular weight excluding hydrogens is 228 g/mol. The second-order valence-electron chi connectivity index (χ2n) is 7.61. The second-order valence-corrected chi connectivity index (χ2v) is 7.61. The third-order valence-electron chi connectivity index (χ3n) is 6.23. The van der Waals surface area contributed by atoms with E-state index in [0.29, 0.717) is 0 Å². The topological polar surface area (TPSA) is 0 Å². The molecule has 0 nitrogen and oxygen atoms in total. The van der Waals surface area contributed by atoms with Crippen molar-refractivity contribution in [2.75, 3.05) is 0 Å². The normalized spacial score (nSPS) is 27.2. The van der Waals surface area contributed by atoms with Gasteiger partial charge in [0.25, 0.3) is 0 Å². The maximum atomic E-state index is 2.51. The minimum absolute atomic E-state index is 0.850. The third kappa shape index (κ3) is 4.80. The van der Waals surface area contributed by atoms with E-state index in [1.165, 1.54) is 44.9 Å². The van der Waals surface area contributed by atoms with Gasteiger partial charge in [-0.05, 0) is 48.3 Å². The molecule has 0 aliphatic heterocycles. The first-order valence-corrected chi connectivity index (χ1v) is 9.01. The van der Waals surface area contributed by atoms with Crippen LogP contribution < -0.4 is 0 Å². The Morgan fingerprint density at radius 3 is 2.00 bits per heavy atom. The van der Waals surface area contributed by atoms with E-state index in [-0.39, 0.29) is 0 Å². The van der Waals surface area contributed by atoms with Crippen molar-refractivity contribution < 1.29 is 0 Å². The Labute approximate surface area is 122 Å². The van der Waals surface area contributed by atoms with Gasteiger partial charge >= 0.3 is 0 Å². The van der Waals surface area contributed by atoms with E-state index in [9.17, 15) is 0 Å². The highest BCUT2D eigenvalue weighted by Gasteiger charge is 2.34. The summed E-state index contributed by atoms with van der Waals surface area (Å²) in [5.74, 6) is 5.75. The predicted octanol–water partition coefficient (Wildman–Crippen LogP) is 6.55. The van der Waals surface area contributed by atoms with E-state index in [1.54, 1.807) is 0 Å². The van der Waals surface area contributed by atoms with Gasteiger partial charge in [0.1, 0.15) is 0 Å². The molecule has 1 aliphatic rings. The molecule has 0 aromatic heterocycles. The first kappa shape index (κ1) is 17.1. The molecule has 0 N–H and O–H groups in total. The Bertz CT molecular complexity index is 226. The van der Waals surface area contributed by atoms with Crippen molar-refractivity contribution in [1.29, 1.82) is 0 Å². The van der Waals surface area contributed by atoms with Crippen LogP contribution >= 0.6 is 0 Å². The molecule has 4 atom stereocenters. The highest BCUT2D eigenvalue weighted by molar-refractivity contribution is 4.84. The molecule has 0 bridgehead atoms. The molecule has 1 fully saturated rings. The fourth-order valence-electron chi connectivity index (χ4n) is 4.29. The largest absolute Gasteiger partial charge is 0.0651 e. The molecular formula is C19H38. The number of hydrogen-bond acceptors (Lipinski definition) is 0. The summed E-state index contributed by atoms with van der Waals surface area (Å²) in [6, 6.07) is 0. The Morgan fingerprint density at radius 1 is 0.947 bits per heavy atom. The molecule has 1 rings (SSSR count). The van der Waals surface area contributed by atoms with Gasteiger partial charge in [0, 0.05) is 0 Å². The van der Waals surface area contributed by atoms with E-state index in [0.717, 1.165) is 35.5 Å². The van der Waals surface area contributed by atoms with Gasteiger partial charge < -0.3 is 0 Å². The van der Waals surface area contributed by atoms with Crippen LogP contribution in [0.2, 0.25) is 0 Å². The lowest BCUT2D eigenvalue weighted by atomic mass is 9.71. The minimum Gasteiger partial charge on any atom is -0.0651 e. The van der Waals surface area contributed by atoms with Gasteiger partial charge in [-0.2, -0.15) is 0 Å². The van der Waals surface area contributed by atoms with Crippen LogP contribution in [0.3, 0.4) is 0 Å². The Balaban J connectivity index is 2.63. The van der Waals surface area contributed by atoms with Crippen LogP contribution in [0.5, 0.6) is 0 Å². The summed E-state index contributed by atoms with van der Waals surface area (Å²) in [6.07, 6.45) is 10.2. The molecule has 1 aliphatic carbocycles. The molecule has 1 saturated carbocycles. The Hall–Kier alpha value is 0. The molecule has 0 spiro atoms. The average molecular weight is 267 g/mol. The van der Waals surface area contributed by atoms with Gasteiger partial charge in [0.2, 0.25) is 0 Å². The molecule has 4 unspecified atom stereocenters. The fraction of sp³-hybridized carbons (Fsp3) is 1.00. The van der Waals surface area contributed by atoms with Crippen molar-refractivity contribution in [3.8, 4) is 0 Å². The van der Waals surface area contributed by atoms with Crippen molar-refractivity contribution in [1.82, 2.24) is 0 Å². The van der Waals surface area contributed by atoms with Crippen LogP contribution in [0.25, 0.3) is 0 Å². The third-order valence-corrected chi connectivity index (χ3v) is 6.23. The standard InChI is InChI=1S/C19H38/c1-7-17(8-2)19(13-12-15(5)14(3)4)18-11-9-10-16(18)6/h14-19H,7-13H2,1-6H3. The second kappa shape index (κ2) is 8.32. The molecule has 0 aromatic rings. The van der Waals surface area contributed by atoms with Crippen molar-refractivity contribution in [3.05, 3.63) is 0 Å². The highest BCUT2D eigenvalue weighted by Crippen LogP contribution is 2.44. The monoisotopic (exact) mass is 266 g/mol. The summed E-state index contributed by atoms with van der Waals surface area (Å²) < 4.78 is 0. The van der Waals surface area contributed by atoms with E-state index in [1.807, 2.05) is 0 Å². The Morgan fingerprint density at radius 2 is 1.58 bits per heavy atom. The van der Waals surface area contributed by atoms with Crippen LogP contribution in [0, 0.1) is 35.5 Å². The predicted molar refractivity (Wildman–Crippen MR) is 87.3 cm³/mol. The average Bonchev–Trinajstić information content (AvgIpc) is 2.80. The minimum atomic E-state index is 0.850. The van der Waals surface area contributed by atoms with Crippen LogP contribution in [0.4, 0.5) is 0 Å². The zero-order valence-corrected chi connectivity index (χ0v) is 14.4. The smallest absolute Gasteiger partial charge is 0.0355 e. The van der Waals surface area contributed by atoms with Gasteiger partial charge in [0.15, 0.2) is 0 Å². The molecule has 0 aromatic carbocycles. The van der Waals surface area contributed by atoms with Gasteiger partial charge in [-0.1, -0.05) is 73.6 Å². The summed E-state index contributed by atoms with van der Waals surface area (Å²) in [4.78, 5) is 0. The molecule has 19 heavy (non-hydrogen) atoms. The summed E-state index contributed by atoms with van der Waals surface area (Å²) in [7, 11) is 0. The van der Waals surface area contributed by atoms with E-state index in [2.05, 4.69) is 41.5 Å². The lowest BCUT2D eigenvalue weighted by Gasteiger charge is -2.34. The summed E-state index contributed by atoms with van der Waals surface area (Å²) >= 11 is 0. The summed E-state index contributed by atoms with van der Waals surface area (Å²) in [5, 5.41) is 0. The van der Waals surface area contributed by atoms with Crippen molar-refractivity contribution in [3.63, 3.8) is 0 Å². The van der Waals surface area contributed by atoms with Crippen molar-refractivity contribution in [2.45, 2.75) is 86.5 Å². The van der Waals surface area contributed by atoms with Crippen LogP contribution in [0.1, 0.15) is 86.5 Å². The van der Waals surface area contributed by atoms with E-state index in [4.69, 9.17) is 0 Å². The van der Waals surface area contributed by atoms with E-state index < -0.39 is 0 Å². The Kier molecular flexibility index (Phi) is 7.47. The lowest BCUT2D eigenvalue weighted by Crippen LogP contribution is -2.26. The molecule has 0 heterocycles. The van der Waals surface area contributed by atoms with Gasteiger partial charge in [-0.15, -0.1) is 0 Å². The van der Waals surface area contributed by atoms with E-state index >= 15 is 0 Å². The molecule has 0 amide bonds. The molecule has 0 radical (unpaired) electrons. The maximum Gasteiger partial charge on any atom is -0.0355 e. The van der Waals surface area contributed by atoms with Crippen LogP contribution in [-0.4, -0.2) is 0 Å². The number of hydrogen-bond donors (Lipinski definition) is 0. The van der Waals surface area contributed by atoms with Gasteiger partial charge in [-0.25, -0.2) is 0 Å². The lowest BCUT2D eigenvalue weighted by molar-refractivity contribution is 0.155. The van der Waals surface area contributed by atoms with Crippen molar-refractivity contribution >= 4 is 0 Å². The zero-order chi connectivity index (χ0) is 14.4. The SMILES string of the molecule is CCC(CC)C(CCC(C)C(C)C)C1CCCC1C. The maximum absolute atomic E-state index is 2.51. The highest BCUT2D eigenvalue weighted by atomic mass is 14.4. The van der Waals surface area contributed by atoms with Crippen LogP contribution in [0.15, 0.2) is 0 Å². The zero-order valence-electron chi connectivity index (χ0n) is 14.4. The first-order valence-electron chi connectivity index (χ1n) is 9.01.